The van der Waals surface area contributed by atoms with Crippen molar-refractivity contribution in [3.05, 3.63) is 63.1 Å². The van der Waals surface area contributed by atoms with Crippen molar-refractivity contribution in [2.75, 3.05) is 31.5 Å². The van der Waals surface area contributed by atoms with Gasteiger partial charge in [0, 0.05) is 42.8 Å². The van der Waals surface area contributed by atoms with Crippen LogP contribution < -0.4 is 5.32 Å². The zero-order valence-electron chi connectivity index (χ0n) is 13.5. The molecule has 0 saturated carbocycles. The van der Waals surface area contributed by atoms with Crippen LogP contribution in [-0.2, 0) is 6.54 Å². The molecule has 0 aromatic heterocycles. The van der Waals surface area contributed by atoms with Crippen LogP contribution in [0.25, 0.3) is 0 Å². The van der Waals surface area contributed by atoms with Gasteiger partial charge in [0.05, 0.1) is 10.7 Å². The molecule has 0 atom stereocenters. The van der Waals surface area contributed by atoms with Crippen molar-refractivity contribution in [3.63, 3.8) is 0 Å². The van der Waals surface area contributed by atoms with Crippen molar-refractivity contribution >= 4 is 57.8 Å². The lowest BCUT2D eigenvalue weighted by molar-refractivity contribution is 0.177. The van der Waals surface area contributed by atoms with Crippen molar-refractivity contribution in [1.82, 2.24) is 9.80 Å². The number of halogens is 3. The first-order chi connectivity index (χ1) is 12.0. The van der Waals surface area contributed by atoms with Crippen molar-refractivity contribution in [3.8, 4) is 0 Å². The molecule has 0 bridgehead atoms. The largest absolute Gasteiger partial charge is 0.346 e. The van der Waals surface area contributed by atoms with E-state index in [9.17, 15) is 0 Å². The van der Waals surface area contributed by atoms with Gasteiger partial charge in [-0.3, -0.25) is 4.90 Å². The Morgan fingerprint density at radius 2 is 1.68 bits per heavy atom. The van der Waals surface area contributed by atoms with Crippen LogP contribution in [0.1, 0.15) is 5.56 Å². The van der Waals surface area contributed by atoms with Gasteiger partial charge in [-0.1, -0.05) is 53.0 Å². The maximum atomic E-state index is 6.27. The molecule has 0 unspecified atom stereocenters. The highest BCUT2D eigenvalue weighted by molar-refractivity contribution is 7.80. The molecule has 1 aliphatic heterocycles. The quantitative estimate of drug-likeness (QED) is 0.699. The second-order valence-corrected chi connectivity index (χ2v) is 7.55. The molecule has 2 aromatic rings. The SMILES string of the molecule is S=C(Nc1ccccc1Cl)N1CCN(Cc2ccc(Cl)cc2Cl)CC1. The molecule has 1 aliphatic rings. The molecule has 25 heavy (non-hydrogen) atoms. The van der Waals surface area contributed by atoms with Crippen molar-refractivity contribution in [1.29, 1.82) is 0 Å². The van der Waals surface area contributed by atoms with E-state index in [1.807, 2.05) is 36.4 Å². The highest BCUT2D eigenvalue weighted by Gasteiger charge is 2.20. The van der Waals surface area contributed by atoms with E-state index in [1.54, 1.807) is 6.07 Å². The Morgan fingerprint density at radius 3 is 2.36 bits per heavy atom. The van der Waals surface area contributed by atoms with Gasteiger partial charge in [0.1, 0.15) is 0 Å². The van der Waals surface area contributed by atoms with Gasteiger partial charge in [-0.05, 0) is 42.0 Å². The number of benzene rings is 2. The smallest absolute Gasteiger partial charge is 0.173 e. The normalized spacial score (nSPS) is 15.2. The lowest BCUT2D eigenvalue weighted by atomic mass is 10.2. The van der Waals surface area contributed by atoms with Gasteiger partial charge in [-0.25, -0.2) is 0 Å². The highest BCUT2D eigenvalue weighted by Crippen LogP contribution is 2.23. The van der Waals surface area contributed by atoms with E-state index in [2.05, 4.69) is 15.1 Å². The third kappa shape index (κ3) is 4.99. The van der Waals surface area contributed by atoms with Crippen LogP contribution in [0.3, 0.4) is 0 Å². The van der Waals surface area contributed by atoms with E-state index in [0.29, 0.717) is 20.2 Å². The van der Waals surface area contributed by atoms with Gasteiger partial charge < -0.3 is 10.2 Å². The predicted octanol–water partition coefficient (Wildman–Crippen LogP) is 5.16. The van der Waals surface area contributed by atoms with Crippen molar-refractivity contribution in [2.24, 2.45) is 0 Å². The molecule has 3 rings (SSSR count). The topological polar surface area (TPSA) is 18.5 Å². The molecule has 3 nitrogen and oxygen atoms in total. The van der Waals surface area contributed by atoms with Gasteiger partial charge in [0.2, 0.25) is 0 Å². The molecule has 0 amide bonds. The van der Waals surface area contributed by atoms with Crippen LogP contribution in [0.15, 0.2) is 42.5 Å². The first kappa shape index (κ1) is 18.7. The Kier molecular flexibility index (Phi) is 6.42. The van der Waals surface area contributed by atoms with Crippen LogP contribution in [0.4, 0.5) is 5.69 Å². The van der Waals surface area contributed by atoms with E-state index in [4.69, 9.17) is 47.0 Å². The molecule has 1 heterocycles. The molecular formula is C18H18Cl3N3S. The third-order valence-electron chi connectivity index (χ3n) is 4.18. The molecular weight excluding hydrogens is 397 g/mol. The van der Waals surface area contributed by atoms with E-state index in [1.165, 1.54) is 0 Å². The van der Waals surface area contributed by atoms with Gasteiger partial charge in [0.15, 0.2) is 5.11 Å². The summed E-state index contributed by atoms with van der Waals surface area (Å²) in [4.78, 5) is 4.53. The van der Waals surface area contributed by atoms with E-state index >= 15 is 0 Å². The van der Waals surface area contributed by atoms with Gasteiger partial charge in [0.25, 0.3) is 0 Å². The predicted molar refractivity (Wildman–Crippen MR) is 111 cm³/mol. The Labute approximate surface area is 168 Å². The fourth-order valence-corrected chi connectivity index (χ4v) is 3.70. The molecule has 2 aromatic carbocycles. The van der Waals surface area contributed by atoms with Gasteiger partial charge in [-0.2, -0.15) is 0 Å². The first-order valence-corrected chi connectivity index (χ1v) is 9.54. The number of piperazine rings is 1. The van der Waals surface area contributed by atoms with Gasteiger partial charge >= 0.3 is 0 Å². The number of hydrogen-bond donors (Lipinski definition) is 1. The minimum atomic E-state index is 0.662. The summed E-state index contributed by atoms with van der Waals surface area (Å²) in [5, 5.41) is 5.98. The molecule has 1 N–H and O–H groups in total. The maximum Gasteiger partial charge on any atom is 0.173 e. The summed E-state index contributed by atoms with van der Waals surface area (Å²) >= 11 is 23.9. The molecule has 0 spiro atoms. The average molecular weight is 415 g/mol. The Balaban J connectivity index is 1.53. The van der Waals surface area contributed by atoms with Crippen LogP contribution in [0.5, 0.6) is 0 Å². The average Bonchev–Trinajstić information content (AvgIpc) is 2.60. The number of anilines is 1. The first-order valence-electron chi connectivity index (χ1n) is 7.99. The number of nitrogens with zero attached hydrogens (tertiary/aromatic N) is 2. The lowest BCUT2D eigenvalue weighted by Gasteiger charge is -2.36. The zero-order valence-corrected chi connectivity index (χ0v) is 16.6. The number of rotatable bonds is 3. The Bertz CT molecular complexity index is 761. The second-order valence-electron chi connectivity index (χ2n) is 5.91. The summed E-state index contributed by atoms with van der Waals surface area (Å²) in [6.45, 7) is 4.38. The van der Waals surface area contributed by atoms with Crippen LogP contribution >= 0.6 is 47.0 Å². The Hall–Kier alpha value is -1.04. The minimum Gasteiger partial charge on any atom is -0.346 e. The van der Waals surface area contributed by atoms with Crippen LogP contribution in [0.2, 0.25) is 15.1 Å². The van der Waals surface area contributed by atoms with E-state index < -0.39 is 0 Å². The number of hydrogen-bond acceptors (Lipinski definition) is 2. The van der Waals surface area contributed by atoms with Crippen LogP contribution in [0, 0.1) is 0 Å². The number of nitrogens with one attached hydrogen (secondary N) is 1. The van der Waals surface area contributed by atoms with Crippen LogP contribution in [-0.4, -0.2) is 41.1 Å². The third-order valence-corrected chi connectivity index (χ3v) is 5.46. The van der Waals surface area contributed by atoms with E-state index in [0.717, 1.165) is 44.0 Å². The fourth-order valence-electron chi connectivity index (χ4n) is 2.76. The van der Waals surface area contributed by atoms with Crippen molar-refractivity contribution in [2.45, 2.75) is 6.54 Å². The van der Waals surface area contributed by atoms with Crippen molar-refractivity contribution < 1.29 is 0 Å². The lowest BCUT2D eigenvalue weighted by Crippen LogP contribution is -2.49. The summed E-state index contributed by atoms with van der Waals surface area (Å²) in [6.07, 6.45) is 0. The monoisotopic (exact) mass is 413 g/mol. The molecule has 132 valence electrons. The molecule has 0 radical (unpaired) electrons. The summed E-state index contributed by atoms with van der Waals surface area (Å²) < 4.78 is 0. The summed E-state index contributed by atoms with van der Waals surface area (Å²) in [5.74, 6) is 0. The summed E-state index contributed by atoms with van der Waals surface area (Å²) in [6, 6.07) is 13.3. The number of para-hydroxylation sites is 1. The summed E-state index contributed by atoms with van der Waals surface area (Å²) in [5.41, 5.74) is 1.93. The minimum absolute atomic E-state index is 0.662. The zero-order chi connectivity index (χ0) is 17.8. The molecule has 0 aliphatic carbocycles. The number of thiocarbonyl (C=S) groups is 1. The fraction of sp³-hybridized carbons (Fsp3) is 0.278. The maximum absolute atomic E-state index is 6.27. The second kappa shape index (κ2) is 8.56. The molecule has 1 fully saturated rings. The standard InChI is InChI=1S/C18H18Cl3N3S/c19-14-6-5-13(16(21)11-14)12-23-7-9-24(10-8-23)18(25)22-17-4-2-1-3-15(17)20/h1-6,11H,7-10,12H2,(H,22,25). The summed E-state index contributed by atoms with van der Waals surface area (Å²) in [7, 11) is 0. The van der Waals surface area contributed by atoms with E-state index in [-0.39, 0.29) is 0 Å². The van der Waals surface area contributed by atoms with Gasteiger partial charge in [-0.15, -0.1) is 0 Å². The molecule has 7 heteroatoms. The highest BCUT2D eigenvalue weighted by atomic mass is 35.5. The molecule has 1 saturated heterocycles. The Morgan fingerprint density at radius 1 is 0.960 bits per heavy atom.